The summed E-state index contributed by atoms with van der Waals surface area (Å²) in [4.78, 5) is 23.7. The Morgan fingerprint density at radius 2 is 1.79 bits per heavy atom. The molecule has 0 spiro atoms. The van der Waals surface area contributed by atoms with Crippen molar-refractivity contribution >= 4 is 33.5 Å². The topological polar surface area (TPSA) is 70.6 Å². The predicted molar refractivity (Wildman–Crippen MR) is 93.2 cm³/mol. The second-order valence-corrected chi connectivity index (χ2v) is 5.76. The lowest BCUT2D eigenvalue weighted by Crippen LogP contribution is -2.35. The number of nitrogens with zero attached hydrogens (tertiary/aromatic N) is 1. The monoisotopic (exact) mass is 391 g/mol. The van der Waals surface area contributed by atoms with Crippen LogP contribution < -0.4 is 10.7 Å². The van der Waals surface area contributed by atoms with Gasteiger partial charge in [-0.3, -0.25) is 9.59 Å². The highest BCUT2D eigenvalue weighted by Crippen LogP contribution is 2.15. The zero-order valence-electron chi connectivity index (χ0n) is 12.8. The Morgan fingerprint density at radius 1 is 1.12 bits per heavy atom. The van der Waals surface area contributed by atoms with Crippen LogP contribution in [0.25, 0.3) is 0 Å². The SMILES string of the molecule is C/C(=N/NC(=O)CNC(=O)c1ccccc1Br)c1ccc(F)cc1. The summed E-state index contributed by atoms with van der Waals surface area (Å²) in [6.45, 7) is 1.48. The van der Waals surface area contributed by atoms with Gasteiger partial charge in [0.15, 0.2) is 0 Å². The van der Waals surface area contributed by atoms with E-state index in [0.717, 1.165) is 0 Å². The van der Waals surface area contributed by atoms with Crippen LogP contribution in [0.4, 0.5) is 4.39 Å². The zero-order chi connectivity index (χ0) is 17.5. The van der Waals surface area contributed by atoms with Crippen molar-refractivity contribution in [3.63, 3.8) is 0 Å². The molecule has 2 amide bonds. The number of carbonyl (C=O) groups is 2. The minimum Gasteiger partial charge on any atom is -0.343 e. The van der Waals surface area contributed by atoms with Crippen molar-refractivity contribution in [2.45, 2.75) is 6.92 Å². The van der Waals surface area contributed by atoms with Crippen LogP contribution in [0.5, 0.6) is 0 Å². The van der Waals surface area contributed by atoms with Crippen molar-refractivity contribution in [2.75, 3.05) is 6.54 Å². The van der Waals surface area contributed by atoms with Crippen molar-refractivity contribution in [3.8, 4) is 0 Å². The van der Waals surface area contributed by atoms with E-state index in [1.165, 1.54) is 12.1 Å². The first-order valence-electron chi connectivity index (χ1n) is 7.09. The molecule has 124 valence electrons. The van der Waals surface area contributed by atoms with Crippen LogP contribution in [0, 0.1) is 5.82 Å². The maximum absolute atomic E-state index is 12.9. The molecule has 0 fully saturated rings. The molecular weight excluding hydrogens is 377 g/mol. The first kappa shape index (κ1) is 17.8. The molecule has 0 unspecified atom stereocenters. The van der Waals surface area contributed by atoms with Gasteiger partial charge in [0.25, 0.3) is 11.8 Å². The minimum atomic E-state index is -0.461. The van der Waals surface area contributed by atoms with Gasteiger partial charge < -0.3 is 5.32 Å². The third-order valence-corrected chi connectivity index (χ3v) is 3.83. The smallest absolute Gasteiger partial charge is 0.259 e. The molecule has 0 heterocycles. The maximum Gasteiger partial charge on any atom is 0.259 e. The number of nitrogens with one attached hydrogen (secondary N) is 2. The Bertz CT molecular complexity index is 776. The zero-order valence-corrected chi connectivity index (χ0v) is 14.4. The summed E-state index contributed by atoms with van der Waals surface area (Å²) in [5.74, 6) is -1.17. The van der Waals surface area contributed by atoms with E-state index in [0.29, 0.717) is 21.3 Å². The van der Waals surface area contributed by atoms with E-state index in [4.69, 9.17) is 0 Å². The number of hydrazone groups is 1. The largest absolute Gasteiger partial charge is 0.343 e. The van der Waals surface area contributed by atoms with Crippen LogP contribution >= 0.6 is 15.9 Å². The van der Waals surface area contributed by atoms with Gasteiger partial charge in [-0.05, 0) is 52.7 Å². The van der Waals surface area contributed by atoms with Crippen LogP contribution in [0.15, 0.2) is 58.1 Å². The summed E-state index contributed by atoms with van der Waals surface area (Å²) in [5.41, 5.74) is 4.00. The Labute approximate surface area is 147 Å². The summed E-state index contributed by atoms with van der Waals surface area (Å²) in [6.07, 6.45) is 0. The molecule has 5 nitrogen and oxygen atoms in total. The van der Waals surface area contributed by atoms with Crippen LogP contribution in [-0.2, 0) is 4.79 Å². The van der Waals surface area contributed by atoms with Crippen molar-refractivity contribution in [3.05, 3.63) is 69.9 Å². The van der Waals surface area contributed by atoms with Gasteiger partial charge in [-0.2, -0.15) is 5.10 Å². The molecule has 2 rings (SSSR count). The van der Waals surface area contributed by atoms with Crippen molar-refractivity contribution in [2.24, 2.45) is 5.10 Å². The molecule has 7 heteroatoms. The van der Waals surface area contributed by atoms with E-state index >= 15 is 0 Å². The lowest BCUT2D eigenvalue weighted by molar-refractivity contribution is -0.120. The highest BCUT2D eigenvalue weighted by atomic mass is 79.9. The van der Waals surface area contributed by atoms with Crippen molar-refractivity contribution in [1.82, 2.24) is 10.7 Å². The van der Waals surface area contributed by atoms with Crippen molar-refractivity contribution < 1.29 is 14.0 Å². The fourth-order valence-electron chi connectivity index (χ4n) is 1.84. The van der Waals surface area contributed by atoms with Gasteiger partial charge in [-0.15, -0.1) is 0 Å². The minimum absolute atomic E-state index is 0.208. The summed E-state index contributed by atoms with van der Waals surface area (Å²) >= 11 is 3.27. The highest BCUT2D eigenvalue weighted by Gasteiger charge is 2.10. The second kappa shape index (κ2) is 8.35. The lowest BCUT2D eigenvalue weighted by Gasteiger charge is -2.06. The van der Waals surface area contributed by atoms with E-state index in [-0.39, 0.29) is 18.3 Å². The Morgan fingerprint density at radius 3 is 2.46 bits per heavy atom. The first-order chi connectivity index (χ1) is 11.5. The third kappa shape index (κ3) is 4.99. The van der Waals surface area contributed by atoms with Crippen LogP contribution in [0.2, 0.25) is 0 Å². The van der Waals surface area contributed by atoms with Gasteiger partial charge in [-0.1, -0.05) is 24.3 Å². The lowest BCUT2D eigenvalue weighted by atomic mass is 10.1. The molecule has 0 bridgehead atoms. The average molecular weight is 392 g/mol. The molecular formula is C17H15BrFN3O2. The third-order valence-electron chi connectivity index (χ3n) is 3.14. The number of carbonyl (C=O) groups excluding carboxylic acids is 2. The Hall–Kier alpha value is -2.54. The molecule has 0 saturated heterocycles. The molecule has 24 heavy (non-hydrogen) atoms. The summed E-state index contributed by atoms with van der Waals surface area (Å²) in [6, 6.07) is 12.7. The van der Waals surface area contributed by atoms with Gasteiger partial charge >= 0.3 is 0 Å². The maximum atomic E-state index is 12.9. The number of halogens is 2. The molecule has 0 aliphatic heterocycles. The predicted octanol–water partition coefficient (Wildman–Crippen LogP) is 2.86. The Balaban J connectivity index is 1.87. The van der Waals surface area contributed by atoms with Crippen LogP contribution in [-0.4, -0.2) is 24.1 Å². The van der Waals surface area contributed by atoms with E-state index in [1.54, 1.807) is 43.3 Å². The molecule has 0 aromatic heterocycles. The molecule has 2 aromatic rings. The normalized spacial score (nSPS) is 11.0. The quantitative estimate of drug-likeness (QED) is 0.607. The van der Waals surface area contributed by atoms with E-state index < -0.39 is 5.91 Å². The molecule has 0 radical (unpaired) electrons. The van der Waals surface area contributed by atoms with Crippen LogP contribution in [0.1, 0.15) is 22.8 Å². The van der Waals surface area contributed by atoms with Crippen LogP contribution in [0.3, 0.4) is 0 Å². The van der Waals surface area contributed by atoms with E-state index in [1.807, 2.05) is 0 Å². The first-order valence-corrected chi connectivity index (χ1v) is 7.88. The summed E-state index contributed by atoms with van der Waals surface area (Å²) in [5, 5.41) is 6.44. The fourth-order valence-corrected chi connectivity index (χ4v) is 2.31. The van der Waals surface area contributed by atoms with Gasteiger partial charge in [0.05, 0.1) is 17.8 Å². The van der Waals surface area contributed by atoms with Gasteiger partial charge in [0.1, 0.15) is 5.82 Å². The molecule has 0 saturated carbocycles. The van der Waals surface area contributed by atoms with Crippen molar-refractivity contribution in [1.29, 1.82) is 0 Å². The molecule has 2 N–H and O–H groups in total. The second-order valence-electron chi connectivity index (χ2n) is 4.90. The standard InChI is InChI=1S/C17H15BrFN3O2/c1-11(12-6-8-13(19)9-7-12)21-22-16(23)10-20-17(24)14-4-2-3-5-15(14)18/h2-9H,10H2,1H3,(H,20,24)(H,22,23)/b21-11-. The highest BCUT2D eigenvalue weighted by molar-refractivity contribution is 9.10. The Kier molecular flexibility index (Phi) is 6.20. The van der Waals surface area contributed by atoms with Gasteiger partial charge in [-0.25, -0.2) is 9.82 Å². The molecule has 2 aromatic carbocycles. The summed E-state index contributed by atoms with van der Waals surface area (Å²) in [7, 11) is 0. The number of rotatable bonds is 5. The van der Waals surface area contributed by atoms with Gasteiger partial charge in [0, 0.05) is 4.47 Å². The molecule has 0 atom stereocenters. The molecule has 0 aliphatic rings. The molecule has 0 aliphatic carbocycles. The number of benzene rings is 2. The van der Waals surface area contributed by atoms with Gasteiger partial charge in [0.2, 0.25) is 0 Å². The number of hydrogen-bond donors (Lipinski definition) is 2. The van der Waals surface area contributed by atoms with E-state index in [9.17, 15) is 14.0 Å². The number of amides is 2. The fraction of sp³-hybridized carbons (Fsp3) is 0.118. The number of hydrogen-bond acceptors (Lipinski definition) is 3. The summed E-state index contributed by atoms with van der Waals surface area (Å²) < 4.78 is 13.5. The average Bonchev–Trinajstić information content (AvgIpc) is 2.58. The van der Waals surface area contributed by atoms with E-state index in [2.05, 4.69) is 31.8 Å².